The molecule has 1 rings (SSSR count). The molecule has 3 heteroatoms. The van der Waals surface area contributed by atoms with Gasteiger partial charge in [0.1, 0.15) is 5.82 Å². The Morgan fingerprint density at radius 1 is 1.33 bits per heavy atom. The monoisotopic (exact) mass is 210 g/mol. The molecule has 2 nitrogen and oxygen atoms in total. The van der Waals surface area contributed by atoms with Crippen molar-refractivity contribution in [2.45, 2.75) is 18.9 Å². The topological polar surface area (TPSA) is 29.3 Å². The van der Waals surface area contributed by atoms with Gasteiger partial charge in [-0.1, -0.05) is 18.2 Å². The van der Waals surface area contributed by atoms with Gasteiger partial charge in [0.15, 0.2) is 0 Å². The van der Waals surface area contributed by atoms with E-state index in [0.717, 1.165) is 5.56 Å². The molecule has 0 amide bonds. The van der Waals surface area contributed by atoms with E-state index in [-0.39, 0.29) is 11.4 Å². The first-order valence-corrected chi connectivity index (χ1v) is 5.10. The lowest BCUT2D eigenvalue weighted by atomic mass is 9.91. The van der Waals surface area contributed by atoms with E-state index in [9.17, 15) is 4.39 Å². The third kappa shape index (κ3) is 2.76. The molecular formula is C12H19FN2. The van der Waals surface area contributed by atoms with E-state index >= 15 is 0 Å². The van der Waals surface area contributed by atoms with E-state index in [1.54, 1.807) is 6.07 Å². The van der Waals surface area contributed by atoms with Crippen molar-refractivity contribution in [3.05, 3.63) is 35.6 Å². The maximum atomic E-state index is 13.5. The number of nitrogens with zero attached hydrogens (tertiary/aromatic N) is 1. The maximum absolute atomic E-state index is 13.5. The van der Waals surface area contributed by atoms with Crippen molar-refractivity contribution >= 4 is 0 Å². The summed E-state index contributed by atoms with van der Waals surface area (Å²) < 4.78 is 13.5. The Balaban J connectivity index is 2.89. The van der Waals surface area contributed by atoms with Crippen molar-refractivity contribution in [2.24, 2.45) is 5.73 Å². The van der Waals surface area contributed by atoms with Gasteiger partial charge in [-0.25, -0.2) is 4.39 Å². The molecule has 0 saturated heterocycles. The summed E-state index contributed by atoms with van der Waals surface area (Å²) in [5.74, 6) is -0.154. The minimum Gasteiger partial charge on any atom is -0.329 e. The van der Waals surface area contributed by atoms with Gasteiger partial charge in [0.2, 0.25) is 0 Å². The van der Waals surface area contributed by atoms with Crippen LogP contribution in [0.3, 0.4) is 0 Å². The number of hydrogen-bond acceptors (Lipinski definition) is 2. The smallest absolute Gasteiger partial charge is 0.126 e. The van der Waals surface area contributed by atoms with Crippen LogP contribution >= 0.6 is 0 Å². The van der Waals surface area contributed by atoms with Crippen LogP contribution in [0.5, 0.6) is 0 Å². The zero-order valence-corrected chi connectivity index (χ0v) is 9.63. The first-order valence-electron chi connectivity index (χ1n) is 5.10. The van der Waals surface area contributed by atoms with Crippen molar-refractivity contribution in [3.63, 3.8) is 0 Å². The molecule has 84 valence electrons. The Labute approximate surface area is 90.9 Å². The summed E-state index contributed by atoms with van der Waals surface area (Å²) in [6, 6.07) is 6.86. The molecule has 1 unspecified atom stereocenters. The van der Waals surface area contributed by atoms with Crippen molar-refractivity contribution < 1.29 is 4.39 Å². The van der Waals surface area contributed by atoms with Crippen LogP contribution in [-0.4, -0.2) is 31.1 Å². The molecule has 1 atom stereocenters. The lowest BCUT2D eigenvalue weighted by Crippen LogP contribution is -2.49. The molecule has 0 aliphatic heterocycles. The summed E-state index contributed by atoms with van der Waals surface area (Å²) >= 11 is 0. The van der Waals surface area contributed by atoms with Crippen molar-refractivity contribution in [2.75, 3.05) is 20.6 Å². The number of halogens is 1. The van der Waals surface area contributed by atoms with Crippen LogP contribution in [-0.2, 0) is 6.42 Å². The first kappa shape index (κ1) is 12.1. The van der Waals surface area contributed by atoms with Gasteiger partial charge < -0.3 is 10.6 Å². The predicted octanol–water partition coefficient (Wildman–Crippen LogP) is 1.65. The molecule has 0 radical (unpaired) electrons. The maximum Gasteiger partial charge on any atom is 0.126 e. The molecular weight excluding hydrogens is 191 g/mol. The molecule has 0 aromatic heterocycles. The second-order valence-corrected chi connectivity index (χ2v) is 4.36. The molecule has 0 aliphatic carbocycles. The molecule has 0 fully saturated rings. The summed E-state index contributed by atoms with van der Waals surface area (Å²) in [5, 5.41) is 0. The predicted molar refractivity (Wildman–Crippen MR) is 61.3 cm³/mol. The van der Waals surface area contributed by atoms with Crippen molar-refractivity contribution in [3.8, 4) is 0 Å². The Hall–Kier alpha value is -0.930. The van der Waals surface area contributed by atoms with Crippen molar-refractivity contribution in [1.29, 1.82) is 0 Å². The van der Waals surface area contributed by atoms with E-state index in [1.165, 1.54) is 6.07 Å². The second-order valence-electron chi connectivity index (χ2n) is 4.36. The van der Waals surface area contributed by atoms with E-state index in [2.05, 4.69) is 0 Å². The van der Waals surface area contributed by atoms with E-state index < -0.39 is 0 Å². The summed E-state index contributed by atoms with van der Waals surface area (Å²) in [5.41, 5.74) is 6.27. The van der Waals surface area contributed by atoms with E-state index in [1.807, 2.05) is 38.1 Å². The van der Waals surface area contributed by atoms with Gasteiger partial charge in [0.25, 0.3) is 0 Å². The fraction of sp³-hybridized carbons (Fsp3) is 0.500. The Morgan fingerprint density at radius 3 is 2.40 bits per heavy atom. The largest absolute Gasteiger partial charge is 0.329 e. The summed E-state index contributed by atoms with van der Waals surface area (Å²) in [6.45, 7) is 2.55. The highest BCUT2D eigenvalue weighted by Crippen LogP contribution is 2.19. The SMILES string of the molecule is CN(C)C(C)(CN)Cc1ccccc1F. The zero-order valence-electron chi connectivity index (χ0n) is 9.63. The first-order chi connectivity index (χ1) is 6.99. The van der Waals surface area contributed by atoms with Gasteiger partial charge >= 0.3 is 0 Å². The Morgan fingerprint density at radius 2 is 1.93 bits per heavy atom. The lowest BCUT2D eigenvalue weighted by molar-refractivity contribution is 0.179. The number of nitrogens with two attached hydrogens (primary N) is 1. The molecule has 15 heavy (non-hydrogen) atoms. The highest BCUT2D eigenvalue weighted by atomic mass is 19.1. The van der Waals surface area contributed by atoms with Gasteiger partial charge in [0, 0.05) is 12.1 Å². The van der Waals surface area contributed by atoms with Crippen LogP contribution in [0.25, 0.3) is 0 Å². The van der Waals surface area contributed by atoms with Gasteiger partial charge in [-0.05, 0) is 39.1 Å². The molecule has 0 heterocycles. The van der Waals surface area contributed by atoms with Crippen LogP contribution in [0, 0.1) is 5.82 Å². The summed E-state index contributed by atoms with van der Waals surface area (Å²) in [6.07, 6.45) is 0.628. The Bertz CT molecular complexity index is 325. The number of likely N-dealkylation sites (N-methyl/N-ethyl adjacent to an activating group) is 1. The number of hydrogen-bond donors (Lipinski definition) is 1. The fourth-order valence-electron chi connectivity index (χ4n) is 1.46. The quantitative estimate of drug-likeness (QED) is 0.818. The molecule has 0 aliphatic rings. The standard InChI is InChI=1S/C12H19FN2/c1-12(9-14,15(2)3)8-10-6-4-5-7-11(10)13/h4-7H,8-9,14H2,1-3H3. The lowest BCUT2D eigenvalue weighted by Gasteiger charge is -2.35. The molecule has 0 saturated carbocycles. The minimum absolute atomic E-state index is 0.154. The van der Waals surface area contributed by atoms with E-state index in [4.69, 9.17) is 5.73 Å². The van der Waals surface area contributed by atoms with Gasteiger partial charge in [0.05, 0.1) is 0 Å². The van der Waals surface area contributed by atoms with Crippen LogP contribution < -0.4 is 5.73 Å². The Kier molecular flexibility index (Phi) is 3.83. The highest BCUT2D eigenvalue weighted by Gasteiger charge is 2.26. The van der Waals surface area contributed by atoms with Crippen LogP contribution in [0.1, 0.15) is 12.5 Å². The molecule has 2 N–H and O–H groups in total. The van der Waals surface area contributed by atoms with Crippen molar-refractivity contribution in [1.82, 2.24) is 4.90 Å². The van der Waals surface area contributed by atoms with Crippen LogP contribution in [0.15, 0.2) is 24.3 Å². The molecule has 1 aromatic rings. The average Bonchev–Trinajstić information content (AvgIpc) is 2.21. The highest BCUT2D eigenvalue weighted by molar-refractivity contribution is 5.20. The number of rotatable bonds is 4. The molecule has 0 bridgehead atoms. The van der Waals surface area contributed by atoms with Gasteiger partial charge in [-0.3, -0.25) is 0 Å². The van der Waals surface area contributed by atoms with Gasteiger partial charge in [-0.15, -0.1) is 0 Å². The fourth-order valence-corrected chi connectivity index (χ4v) is 1.46. The summed E-state index contributed by atoms with van der Waals surface area (Å²) in [7, 11) is 3.93. The summed E-state index contributed by atoms with van der Waals surface area (Å²) in [4.78, 5) is 2.04. The van der Waals surface area contributed by atoms with E-state index in [0.29, 0.717) is 13.0 Å². The zero-order chi connectivity index (χ0) is 11.5. The third-order valence-corrected chi connectivity index (χ3v) is 3.05. The number of benzene rings is 1. The average molecular weight is 210 g/mol. The van der Waals surface area contributed by atoms with Crippen LogP contribution in [0.4, 0.5) is 4.39 Å². The molecule has 0 spiro atoms. The minimum atomic E-state index is -0.192. The third-order valence-electron chi connectivity index (χ3n) is 3.05. The second kappa shape index (κ2) is 4.73. The van der Waals surface area contributed by atoms with Gasteiger partial charge in [-0.2, -0.15) is 0 Å². The van der Waals surface area contributed by atoms with Crippen LogP contribution in [0.2, 0.25) is 0 Å². The molecule has 1 aromatic carbocycles. The normalized spacial score (nSPS) is 15.3.